The second-order valence-electron chi connectivity index (χ2n) is 6.44. The lowest BCUT2D eigenvalue weighted by molar-refractivity contribution is -0.125. The average molecular weight is 380 g/mol. The zero-order valence-corrected chi connectivity index (χ0v) is 15.8. The first-order valence-corrected chi connectivity index (χ1v) is 9.75. The molecule has 0 aliphatic carbocycles. The minimum atomic E-state index is -0.549. The van der Waals surface area contributed by atoms with E-state index in [4.69, 9.17) is 9.72 Å². The molecule has 6 heteroatoms. The van der Waals surface area contributed by atoms with E-state index in [1.165, 1.54) is 5.56 Å². The molecule has 27 heavy (non-hydrogen) atoms. The van der Waals surface area contributed by atoms with E-state index < -0.39 is 6.10 Å². The minimum absolute atomic E-state index is 0.0972. The molecule has 1 amide bonds. The first kappa shape index (κ1) is 17.7. The second kappa shape index (κ2) is 7.50. The van der Waals surface area contributed by atoms with E-state index in [2.05, 4.69) is 12.1 Å². The standard InChI is InChI=1S/C21H20N2O3S/c1-14-21(25)23(9-10-24)18-12-16(7-8-19(18)26-14)17-13-27-20(22-17)11-15-5-3-2-4-6-15/h2-8,12-14,24H,9-11H2,1H3. The number of β-amino-alcohol motifs (C(OH)–C–C–N with tert-alkyl or cyclic N) is 1. The van der Waals surface area contributed by atoms with E-state index in [-0.39, 0.29) is 19.1 Å². The molecule has 1 aliphatic heterocycles. The highest BCUT2D eigenvalue weighted by Crippen LogP contribution is 2.37. The summed E-state index contributed by atoms with van der Waals surface area (Å²) in [7, 11) is 0. The minimum Gasteiger partial charge on any atom is -0.479 e. The molecule has 0 radical (unpaired) electrons. The fourth-order valence-electron chi connectivity index (χ4n) is 3.19. The summed E-state index contributed by atoms with van der Waals surface area (Å²) >= 11 is 1.63. The van der Waals surface area contributed by atoms with Gasteiger partial charge in [-0.2, -0.15) is 0 Å². The van der Waals surface area contributed by atoms with Crippen LogP contribution in [0, 0.1) is 0 Å². The average Bonchev–Trinajstić information content (AvgIpc) is 3.14. The molecule has 0 fully saturated rings. The molecule has 1 aromatic heterocycles. The second-order valence-corrected chi connectivity index (χ2v) is 7.39. The third-order valence-electron chi connectivity index (χ3n) is 4.54. The summed E-state index contributed by atoms with van der Waals surface area (Å²) < 4.78 is 5.71. The fraction of sp³-hybridized carbons (Fsp3) is 0.238. The number of anilines is 1. The molecule has 0 spiro atoms. The number of aliphatic hydroxyl groups excluding tert-OH is 1. The Hall–Kier alpha value is -2.70. The number of benzene rings is 2. The van der Waals surface area contributed by atoms with Gasteiger partial charge in [0.25, 0.3) is 5.91 Å². The van der Waals surface area contributed by atoms with E-state index in [9.17, 15) is 9.90 Å². The summed E-state index contributed by atoms with van der Waals surface area (Å²) in [6.07, 6.45) is 0.248. The maximum absolute atomic E-state index is 12.4. The number of aromatic nitrogens is 1. The van der Waals surface area contributed by atoms with Crippen molar-refractivity contribution in [3.05, 3.63) is 64.5 Å². The van der Waals surface area contributed by atoms with Crippen LogP contribution in [0.1, 0.15) is 17.5 Å². The Morgan fingerprint density at radius 1 is 1.22 bits per heavy atom. The van der Waals surface area contributed by atoms with Crippen LogP contribution < -0.4 is 9.64 Å². The van der Waals surface area contributed by atoms with Crippen LogP contribution in [-0.2, 0) is 11.2 Å². The topological polar surface area (TPSA) is 62.7 Å². The molecule has 1 atom stereocenters. The molecular weight excluding hydrogens is 360 g/mol. The number of fused-ring (bicyclic) bond motifs is 1. The Morgan fingerprint density at radius 2 is 2.04 bits per heavy atom. The number of carbonyl (C=O) groups is 1. The number of carbonyl (C=O) groups excluding carboxylic acids is 1. The normalized spacial score (nSPS) is 16.1. The lowest BCUT2D eigenvalue weighted by atomic mass is 10.1. The number of thiazole rings is 1. The Labute approximate surface area is 161 Å². The Balaban J connectivity index is 1.63. The van der Waals surface area contributed by atoms with Gasteiger partial charge in [0.1, 0.15) is 5.75 Å². The predicted octanol–water partition coefficient (Wildman–Crippen LogP) is 3.51. The molecule has 3 aromatic rings. The van der Waals surface area contributed by atoms with Crippen molar-refractivity contribution < 1.29 is 14.6 Å². The first-order valence-electron chi connectivity index (χ1n) is 8.87. The Kier molecular flexibility index (Phi) is 4.92. The van der Waals surface area contributed by atoms with Crippen molar-refractivity contribution in [1.82, 2.24) is 4.98 Å². The van der Waals surface area contributed by atoms with Gasteiger partial charge in [-0.05, 0) is 30.7 Å². The number of hydrogen-bond acceptors (Lipinski definition) is 5. The lowest BCUT2D eigenvalue weighted by Gasteiger charge is -2.32. The Morgan fingerprint density at radius 3 is 2.81 bits per heavy atom. The van der Waals surface area contributed by atoms with Gasteiger partial charge in [-0.1, -0.05) is 30.3 Å². The monoisotopic (exact) mass is 380 g/mol. The van der Waals surface area contributed by atoms with Crippen molar-refractivity contribution in [3.8, 4) is 17.0 Å². The molecule has 0 saturated carbocycles. The maximum atomic E-state index is 12.4. The van der Waals surface area contributed by atoms with Gasteiger partial charge in [0, 0.05) is 23.9 Å². The smallest absolute Gasteiger partial charge is 0.267 e. The third-order valence-corrected chi connectivity index (χ3v) is 5.39. The van der Waals surface area contributed by atoms with Crippen LogP contribution in [0.15, 0.2) is 53.9 Å². The number of nitrogens with zero attached hydrogens (tertiary/aromatic N) is 2. The number of hydrogen-bond donors (Lipinski definition) is 1. The molecule has 0 bridgehead atoms. The molecule has 1 N–H and O–H groups in total. The number of aliphatic hydroxyl groups is 1. The fourth-order valence-corrected chi connectivity index (χ4v) is 4.03. The summed E-state index contributed by atoms with van der Waals surface area (Å²) in [5, 5.41) is 12.4. The summed E-state index contributed by atoms with van der Waals surface area (Å²) in [5.74, 6) is 0.510. The van der Waals surface area contributed by atoms with Crippen LogP contribution in [0.2, 0.25) is 0 Å². The molecule has 2 heterocycles. The van der Waals surface area contributed by atoms with Crippen LogP contribution in [0.25, 0.3) is 11.3 Å². The largest absolute Gasteiger partial charge is 0.479 e. The molecular formula is C21H20N2O3S. The van der Waals surface area contributed by atoms with E-state index >= 15 is 0 Å². The SMILES string of the molecule is CC1Oc2ccc(-c3csc(Cc4ccccc4)n3)cc2N(CCO)C1=O. The van der Waals surface area contributed by atoms with Crippen molar-refractivity contribution in [2.24, 2.45) is 0 Å². The molecule has 138 valence electrons. The van der Waals surface area contributed by atoms with E-state index in [0.29, 0.717) is 11.4 Å². The van der Waals surface area contributed by atoms with Gasteiger partial charge < -0.3 is 14.7 Å². The van der Waals surface area contributed by atoms with Gasteiger partial charge in [0.15, 0.2) is 6.10 Å². The number of rotatable bonds is 5. The molecule has 1 aliphatic rings. The summed E-state index contributed by atoms with van der Waals surface area (Å²) in [5.41, 5.74) is 3.72. The summed E-state index contributed by atoms with van der Waals surface area (Å²) in [6.45, 7) is 1.87. The van der Waals surface area contributed by atoms with Crippen molar-refractivity contribution in [1.29, 1.82) is 0 Å². The summed E-state index contributed by atoms with van der Waals surface area (Å²) in [6, 6.07) is 16.0. The van der Waals surface area contributed by atoms with Crippen LogP contribution in [0.3, 0.4) is 0 Å². The zero-order chi connectivity index (χ0) is 18.8. The highest BCUT2D eigenvalue weighted by molar-refractivity contribution is 7.10. The molecule has 2 aromatic carbocycles. The predicted molar refractivity (Wildman–Crippen MR) is 106 cm³/mol. The van der Waals surface area contributed by atoms with Crippen molar-refractivity contribution in [3.63, 3.8) is 0 Å². The van der Waals surface area contributed by atoms with Crippen LogP contribution in [-0.4, -0.2) is 35.3 Å². The van der Waals surface area contributed by atoms with Crippen LogP contribution in [0.4, 0.5) is 5.69 Å². The summed E-state index contributed by atoms with van der Waals surface area (Å²) in [4.78, 5) is 18.8. The highest BCUT2D eigenvalue weighted by atomic mass is 32.1. The zero-order valence-electron chi connectivity index (χ0n) is 15.0. The maximum Gasteiger partial charge on any atom is 0.267 e. The van der Waals surface area contributed by atoms with Gasteiger partial charge in [0.2, 0.25) is 0 Å². The van der Waals surface area contributed by atoms with E-state index in [0.717, 1.165) is 22.7 Å². The lowest BCUT2D eigenvalue weighted by Crippen LogP contribution is -2.45. The first-order chi connectivity index (χ1) is 13.2. The van der Waals surface area contributed by atoms with E-state index in [1.54, 1.807) is 23.2 Å². The molecule has 0 saturated heterocycles. The third kappa shape index (κ3) is 3.59. The number of ether oxygens (including phenoxy) is 1. The van der Waals surface area contributed by atoms with Crippen LogP contribution >= 0.6 is 11.3 Å². The molecule has 4 rings (SSSR count). The van der Waals surface area contributed by atoms with Crippen molar-refractivity contribution in [2.45, 2.75) is 19.4 Å². The van der Waals surface area contributed by atoms with Crippen molar-refractivity contribution in [2.75, 3.05) is 18.1 Å². The Bertz CT molecular complexity index is 955. The molecule has 5 nitrogen and oxygen atoms in total. The molecule has 1 unspecified atom stereocenters. The van der Waals surface area contributed by atoms with E-state index in [1.807, 2.05) is 41.8 Å². The highest BCUT2D eigenvalue weighted by Gasteiger charge is 2.31. The van der Waals surface area contributed by atoms with Gasteiger partial charge in [-0.3, -0.25) is 4.79 Å². The van der Waals surface area contributed by atoms with Gasteiger partial charge in [-0.15, -0.1) is 11.3 Å². The number of amides is 1. The van der Waals surface area contributed by atoms with Gasteiger partial charge >= 0.3 is 0 Å². The van der Waals surface area contributed by atoms with Crippen LogP contribution in [0.5, 0.6) is 5.75 Å². The van der Waals surface area contributed by atoms with Gasteiger partial charge in [-0.25, -0.2) is 4.98 Å². The van der Waals surface area contributed by atoms with Gasteiger partial charge in [0.05, 0.1) is 23.0 Å². The van der Waals surface area contributed by atoms with Crippen molar-refractivity contribution >= 4 is 22.9 Å². The quantitative estimate of drug-likeness (QED) is 0.736.